The molecule has 2 N–H and O–H groups in total. The minimum absolute atomic E-state index is 0.276. The van der Waals surface area contributed by atoms with E-state index in [1.54, 1.807) is 0 Å². The van der Waals surface area contributed by atoms with Gasteiger partial charge in [-0.3, -0.25) is 4.79 Å². The van der Waals surface area contributed by atoms with Crippen molar-refractivity contribution in [3.63, 3.8) is 0 Å². The SMILES string of the molecule is CC1CN(C(=O)CCCN)CCS1. The van der Waals surface area contributed by atoms with Gasteiger partial charge >= 0.3 is 0 Å². The van der Waals surface area contributed by atoms with Gasteiger partial charge in [0.15, 0.2) is 0 Å². The van der Waals surface area contributed by atoms with Crippen molar-refractivity contribution in [2.45, 2.75) is 25.0 Å². The Bertz CT molecular complexity index is 175. The van der Waals surface area contributed by atoms with Crippen molar-refractivity contribution in [2.24, 2.45) is 5.73 Å². The maximum Gasteiger partial charge on any atom is 0.222 e. The summed E-state index contributed by atoms with van der Waals surface area (Å²) in [4.78, 5) is 13.5. The second kappa shape index (κ2) is 5.50. The molecule has 0 saturated carbocycles. The van der Waals surface area contributed by atoms with E-state index in [9.17, 15) is 4.79 Å². The average Bonchev–Trinajstić information content (AvgIpc) is 2.14. The van der Waals surface area contributed by atoms with Gasteiger partial charge in [0.25, 0.3) is 0 Å². The van der Waals surface area contributed by atoms with E-state index in [1.165, 1.54) is 0 Å². The lowest BCUT2D eigenvalue weighted by molar-refractivity contribution is -0.131. The maximum absolute atomic E-state index is 11.6. The molecule has 76 valence electrons. The molecule has 0 spiro atoms. The smallest absolute Gasteiger partial charge is 0.222 e. The fourth-order valence-corrected chi connectivity index (χ4v) is 2.47. The van der Waals surface area contributed by atoms with E-state index >= 15 is 0 Å². The zero-order chi connectivity index (χ0) is 9.68. The van der Waals surface area contributed by atoms with E-state index in [0.717, 1.165) is 25.3 Å². The normalized spacial score (nSPS) is 23.2. The van der Waals surface area contributed by atoms with Crippen molar-refractivity contribution in [1.82, 2.24) is 4.90 Å². The maximum atomic E-state index is 11.6. The number of nitrogens with two attached hydrogens (primary N) is 1. The van der Waals surface area contributed by atoms with Gasteiger partial charge in [0.1, 0.15) is 0 Å². The number of rotatable bonds is 3. The Labute approximate surface area is 84.0 Å². The molecule has 1 unspecified atom stereocenters. The van der Waals surface area contributed by atoms with Crippen LogP contribution in [0, 0.1) is 0 Å². The molecule has 0 aromatic heterocycles. The average molecular weight is 202 g/mol. The van der Waals surface area contributed by atoms with Crippen molar-refractivity contribution < 1.29 is 4.79 Å². The van der Waals surface area contributed by atoms with Gasteiger partial charge in [0.2, 0.25) is 5.91 Å². The predicted molar refractivity (Wildman–Crippen MR) is 56.8 cm³/mol. The predicted octanol–water partition coefficient (Wildman–Crippen LogP) is 0.689. The van der Waals surface area contributed by atoms with Crippen LogP contribution in [0.3, 0.4) is 0 Å². The number of hydrogen-bond acceptors (Lipinski definition) is 3. The number of carbonyl (C=O) groups excluding carboxylic acids is 1. The highest BCUT2D eigenvalue weighted by Crippen LogP contribution is 2.18. The van der Waals surface area contributed by atoms with Gasteiger partial charge in [-0.25, -0.2) is 0 Å². The van der Waals surface area contributed by atoms with Gasteiger partial charge < -0.3 is 10.6 Å². The zero-order valence-corrected chi connectivity index (χ0v) is 8.98. The summed E-state index contributed by atoms with van der Waals surface area (Å²) in [5, 5.41) is 0.593. The van der Waals surface area contributed by atoms with Crippen molar-refractivity contribution in [2.75, 3.05) is 25.4 Å². The molecule has 1 saturated heterocycles. The Morgan fingerprint density at radius 2 is 2.46 bits per heavy atom. The van der Waals surface area contributed by atoms with Crippen LogP contribution in [0.2, 0.25) is 0 Å². The van der Waals surface area contributed by atoms with Crippen molar-refractivity contribution in [3.05, 3.63) is 0 Å². The number of amides is 1. The van der Waals surface area contributed by atoms with E-state index in [4.69, 9.17) is 5.73 Å². The lowest BCUT2D eigenvalue weighted by Crippen LogP contribution is -2.41. The second-order valence-electron chi connectivity index (χ2n) is 3.41. The second-order valence-corrected chi connectivity index (χ2v) is 4.96. The molecule has 0 radical (unpaired) electrons. The van der Waals surface area contributed by atoms with E-state index in [0.29, 0.717) is 18.2 Å². The Morgan fingerprint density at radius 3 is 3.08 bits per heavy atom. The molecule has 13 heavy (non-hydrogen) atoms. The summed E-state index contributed by atoms with van der Waals surface area (Å²) in [6.45, 7) is 4.61. The third-order valence-corrected chi connectivity index (χ3v) is 3.32. The van der Waals surface area contributed by atoms with Gasteiger partial charge in [0, 0.05) is 30.5 Å². The molecule has 4 heteroatoms. The quantitative estimate of drug-likeness (QED) is 0.732. The topological polar surface area (TPSA) is 46.3 Å². The van der Waals surface area contributed by atoms with Crippen LogP contribution in [0.1, 0.15) is 19.8 Å². The van der Waals surface area contributed by atoms with E-state index in [2.05, 4.69) is 6.92 Å². The highest BCUT2D eigenvalue weighted by Gasteiger charge is 2.20. The number of hydrogen-bond donors (Lipinski definition) is 1. The Hall–Kier alpha value is -0.220. The lowest BCUT2D eigenvalue weighted by atomic mass is 10.2. The van der Waals surface area contributed by atoms with Gasteiger partial charge in [-0.15, -0.1) is 0 Å². The fraction of sp³-hybridized carbons (Fsp3) is 0.889. The summed E-state index contributed by atoms with van der Waals surface area (Å²) in [6, 6.07) is 0. The minimum atomic E-state index is 0.276. The van der Waals surface area contributed by atoms with Crippen LogP contribution in [-0.2, 0) is 4.79 Å². The molecule has 1 aliphatic rings. The molecular formula is C9H18N2OS. The van der Waals surface area contributed by atoms with Crippen molar-refractivity contribution in [3.8, 4) is 0 Å². The first kappa shape index (κ1) is 10.9. The molecule has 0 aromatic rings. The third-order valence-electron chi connectivity index (χ3n) is 2.19. The minimum Gasteiger partial charge on any atom is -0.341 e. The molecule has 3 nitrogen and oxygen atoms in total. The van der Waals surface area contributed by atoms with Gasteiger partial charge in [-0.2, -0.15) is 11.8 Å². The molecule has 0 aromatic carbocycles. The number of carbonyl (C=O) groups is 1. The van der Waals surface area contributed by atoms with Gasteiger partial charge in [-0.05, 0) is 13.0 Å². The van der Waals surface area contributed by atoms with Crippen molar-refractivity contribution >= 4 is 17.7 Å². The summed E-state index contributed by atoms with van der Waals surface area (Å²) in [5.74, 6) is 1.35. The summed E-state index contributed by atoms with van der Waals surface area (Å²) < 4.78 is 0. The number of thioether (sulfide) groups is 1. The summed E-state index contributed by atoms with van der Waals surface area (Å²) in [7, 11) is 0. The van der Waals surface area contributed by atoms with Crippen LogP contribution in [-0.4, -0.2) is 41.4 Å². The zero-order valence-electron chi connectivity index (χ0n) is 8.16. The molecule has 1 heterocycles. The highest BCUT2D eigenvalue weighted by molar-refractivity contribution is 7.99. The third kappa shape index (κ3) is 3.56. The van der Waals surface area contributed by atoms with Crippen LogP contribution >= 0.6 is 11.8 Å². The van der Waals surface area contributed by atoms with Crippen LogP contribution in [0.4, 0.5) is 0 Å². The summed E-state index contributed by atoms with van der Waals surface area (Å²) in [5.41, 5.74) is 5.36. The van der Waals surface area contributed by atoms with E-state index < -0.39 is 0 Å². The standard InChI is InChI=1S/C9H18N2OS/c1-8-7-11(5-6-13-8)9(12)3-2-4-10/h8H,2-7,10H2,1H3. The molecule has 1 rings (SSSR count). The Balaban J connectivity index is 2.28. The largest absolute Gasteiger partial charge is 0.341 e. The van der Waals surface area contributed by atoms with E-state index in [1.807, 2.05) is 16.7 Å². The molecular weight excluding hydrogens is 184 g/mol. The van der Waals surface area contributed by atoms with Crippen molar-refractivity contribution in [1.29, 1.82) is 0 Å². The first-order valence-corrected chi connectivity index (χ1v) is 5.88. The summed E-state index contributed by atoms with van der Waals surface area (Å²) in [6.07, 6.45) is 1.44. The molecule has 0 aliphatic carbocycles. The molecule has 0 bridgehead atoms. The summed E-state index contributed by atoms with van der Waals surface area (Å²) >= 11 is 1.94. The number of nitrogens with zero attached hydrogens (tertiary/aromatic N) is 1. The molecule has 1 amide bonds. The molecule has 1 fully saturated rings. The first-order chi connectivity index (χ1) is 6.24. The molecule has 1 atom stereocenters. The van der Waals surface area contributed by atoms with Gasteiger partial charge in [-0.1, -0.05) is 6.92 Å². The first-order valence-electron chi connectivity index (χ1n) is 4.83. The van der Waals surface area contributed by atoms with Crippen LogP contribution in [0.15, 0.2) is 0 Å². The monoisotopic (exact) mass is 202 g/mol. The highest BCUT2D eigenvalue weighted by atomic mass is 32.2. The van der Waals surface area contributed by atoms with Gasteiger partial charge in [0.05, 0.1) is 0 Å². The van der Waals surface area contributed by atoms with Crippen LogP contribution in [0.25, 0.3) is 0 Å². The fourth-order valence-electron chi connectivity index (χ4n) is 1.46. The molecule has 1 aliphatic heterocycles. The Kier molecular flexibility index (Phi) is 4.59. The van der Waals surface area contributed by atoms with Crippen LogP contribution in [0.5, 0.6) is 0 Å². The lowest BCUT2D eigenvalue weighted by Gasteiger charge is -2.30. The van der Waals surface area contributed by atoms with Crippen LogP contribution < -0.4 is 5.73 Å². The Morgan fingerprint density at radius 1 is 1.69 bits per heavy atom. The van der Waals surface area contributed by atoms with E-state index in [-0.39, 0.29) is 5.91 Å².